The van der Waals surface area contributed by atoms with Crippen molar-refractivity contribution in [3.63, 3.8) is 0 Å². The Morgan fingerprint density at radius 3 is 2.81 bits per heavy atom. The molecule has 1 aliphatic carbocycles. The van der Waals surface area contributed by atoms with Crippen molar-refractivity contribution in [2.24, 2.45) is 11.7 Å². The smallest absolute Gasteiger partial charge is 0.269 e. The van der Waals surface area contributed by atoms with Gasteiger partial charge in [0.15, 0.2) is 11.5 Å². The fourth-order valence-electron chi connectivity index (χ4n) is 4.48. The summed E-state index contributed by atoms with van der Waals surface area (Å²) in [5, 5.41) is 4.79. The molecular formula is C21H19BrN6O3. The molecule has 0 bridgehead atoms. The summed E-state index contributed by atoms with van der Waals surface area (Å²) >= 11 is 3.32. The quantitative estimate of drug-likeness (QED) is 0.530. The Bertz CT molecular complexity index is 1220. The minimum Gasteiger partial charge on any atom is -0.364 e. The third-order valence-electron chi connectivity index (χ3n) is 5.96. The fraction of sp³-hybridized carbons (Fsp3) is 0.333. The number of nitrogens with two attached hydrogens (primary N) is 1. The first kappa shape index (κ1) is 19.8. The molecule has 0 radical (unpaired) electrons. The lowest BCUT2D eigenvalue weighted by molar-refractivity contribution is -0.139. The van der Waals surface area contributed by atoms with Crippen molar-refractivity contribution >= 4 is 44.4 Å². The molecule has 0 unspecified atom stereocenters. The van der Waals surface area contributed by atoms with E-state index in [4.69, 9.17) is 5.73 Å². The number of aromatic nitrogens is 4. The van der Waals surface area contributed by atoms with Crippen LogP contribution in [0.1, 0.15) is 29.0 Å². The molecule has 1 saturated carbocycles. The molecule has 1 aliphatic heterocycles. The summed E-state index contributed by atoms with van der Waals surface area (Å²) < 4.78 is 2.11. The highest BCUT2D eigenvalue weighted by atomic mass is 79.9. The lowest BCUT2D eigenvalue weighted by Gasteiger charge is -2.26. The van der Waals surface area contributed by atoms with Crippen LogP contribution in [0.3, 0.4) is 0 Å². The number of ketones is 1. The zero-order chi connectivity index (χ0) is 21.7. The second-order valence-corrected chi connectivity index (χ2v) is 8.79. The average Bonchev–Trinajstić information content (AvgIpc) is 3.24. The molecule has 3 aromatic rings. The number of hydrogen-bond acceptors (Lipinski definition) is 6. The zero-order valence-electron chi connectivity index (χ0n) is 16.4. The molecule has 4 heterocycles. The second kappa shape index (κ2) is 7.52. The van der Waals surface area contributed by atoms with Crippen molar-refractivity contribution in [1.29, 1.82) is 0 Å². The Morgan fingerprint density at radius 1 is 1.19 bits per heavy atom. The Labute approximate surface area is 185 Å². The average molecular weight is 483 g/mol. The van der Waals surface area contributed by atoms with Crippen LogP contribution in [0.25, 0.3) is 10.9 Å². The van der Waals surface area contributed by atoms with Crippen molar-refractivity contribution < 1.29 is 14.4 Å². The predicted octanol–water partition coefficient (Wildman–Crippen LogP) is 1.49. The SMILES string of the molecule is NC(=O)c1nn(CC(=O)N2[C@@H]3C[C@@H]3C[C@H]2C(=O)Cc2cccc(Br)n2)c2cnccc12. The van der Waals surface area contributed by atoms with E-state index in [1.54, 1.807) is 35.5 Å². The molecule has 3 atom stereocenters. The van der Waals surface area contributed by atoms with E-state index >= 15 is 0 Å². The molecule has 2 fully saturated rings. The van der Waals surface area contributed by atoms with Gasteiger partial charge in [-0.25, -0.2) is 4.98 Å². The maximum atomic E-state index is 13.2. The highest BCUT2D eigenvalue weighted by molar-refractivity contribution is 9.10. The van der Waals surface area contributed by atoms with E-state index in [1.807, 2.05) is 6.07 Å². The fourth-order valence-corrected chi connectivity index (χ4v) is 4.86. The number of piperidine rings is 1. The Hall–Kier alpha value is -3.14. The highest BCUT2D eigenvalue weighted by Crippen LogP contribution is 2.48. The Morgan fingerprint density at radius 2 is 2.03 bits per heavy atom. The third-order valence-corrected chi connectivity index (χ3v) is 6.41. The number of primary amides is 1. The summed E-state index contributed by atoms with van der Waals surface area (Å²) in [6.07, 6.45) is 4.86. The molecule has 2 aliphatic rings. The van der Waals surface area contributed by atoms with E-state index in [-0.39, 0.29) is 36.4 Å². The highest BCUT2D eigenvalue weighted by Gasteiger charge is 2.55. The van der Waals surface area contributed by atoms with Crippen LogP contribution in [-0.4, -0.2) is 54.3 Å². The standard InChI is InChI=1S/C21H19BrN6O3/c22-18-3-1-2-12(25-18)8-17(29)15-7-11-6-14(11)28(15)19(30)10-27-16-9-24-5-4-13(16)20(26-27)21(23)31/h1-5,9,11,14-15H,6-8,10H2,(H2,23,31)/t11-,14-,15+/m1/s1. The molecule has 0 aromatic carbocycles. The van der Waals surface area contributed by atoms with Gasteiger partial charge in [-0.15, -0.1) is 0 Å². The minimum absolute atomic E-state index is 0.0176. The van der Waals surface area contributed by atoms with Gasteiger partial charge in [0.25, 0.3) is 5.91 Å². The molecule has 0 spiro atoms. The summed E-state index contributed by atoms with van der Waals surface area (Å²) in [6, 6.07) is 6.71. The molecule has 158 valence electrons. The molecule has 9 nitrogen and oxygen atoms in total. The molecule has 5 rings (SSSR count). The monoisotopic (exact) mass is 482 g/mol. The molecular weight excluding hydrogens is 464 g/mol. The molecule has 1 saturated heterocycles. The maximum Gasteiger partial charge on any atom is 0.269 e. The van der Waals surface area contributed by atoms with Crippen LogP contribution in [-0.2, 0) is 22.6 Å². The van der Waals surface area contributed by atoms with Gasteiger partial charge in [-0.05, 0) is 52.9 Å². The van der Waals surface area contributed by atoms with Crippen LogP contribution in [0.15, 0.2) is 41.3 Å². The van der Waals surface area contributed by atoms with Crippen LogP contribution in [0, 0.1) is 5.92 Å². The van der Waals surface area contributed by atoms with E-state index in [0.29, 0.717) is 33.5 Å². The van der Waals surface area contributed by atoms with Crippen molar-refractivity contribution in [2.75, 3.05) is 0 Å². The van der Waals surface area contributed by atoms with Gasteiger partial charge in [0.2, 0.25) is 5.91 Å². The molecule has 2 amide bonds. The first-order valence-electron chi connectivity index (χ1n) is 9.98. The van der Waals surface area contributed by atoms with Crippen LogP contribution < -0.4 is 5.73 Å². The summed E-state index contributed by atoms with van der Waals surface area (Å²) in [7, 11) is 0. The number of amides is 2. The van der Waals surface area contributed by atoms with Gasteiger partial charge < -0.3 is 10.6 Å². The normalized spacial score (nSPS) is 21.8. The van der Waals surface area contributed by atoms with Crippen LogP contribution in [0.2, 0.25) is 0 Å². The molecule has 3 aromatic heterocycles. The number of nitrogens with zero attached hydrogens (tertiary/aromatic N) is 5. The van der Waals surface area contributed by atoms with Crippen LogP contribution in [0.4, 0.5) is 0 Å². The van der Waals surface area contributed by atoms with Gasteiger partial charge in [0.05, 0.1) is 24.2 Å². The number of fused-ring (bicyclic) bond motifs is 2. The Kier molecular flexibility index (Phi) is 4.81. The molecule has 31 heavy (non-hydrogen) atoms. The number of carbonyl (C=O) groups excluding carboxylic acids is 3. The number of rotatable bonds is 6. The first-order valence-corrected chi connectivity index (χ1v) is 10.8. The first-order chi connectivity index (χ1) is 14.9. The van der Waals surface area contributed by atoms with Gasteiger partial charge >= 0.3 is 0 Å². The molecule has 2 N–H and O–H groups in total. The van der Waals surface area contributed by atoms with Crippen LogP contribution >= 0.6 is 15.9 Å². The van der Waals surface area contributed by atoms with Crippen molar-refractivity contribution in [3.05, 3.63) is 52.7 Å². The number of carbonyl (C=O) groups is 3. The topological polar surface area (TPSA) is 124 Å². The van der Waals surface area contributed by atoms with Gasteiger partial charge in [0.1, 0.15) is 11.1 Å². The summed E-state index contributed by atoms with van der Waals surface area (Å²) in [5.74, 6) is -0.517. The Balaban J connectivity index is 1.38. The van der Waals surface area contributed by atoms with Gasteiger partial charge in [-0.1, -0.05) is 6.07 Å². The second-order valence-electron chi connectivity index (χ2n) is 7.97. The van der Waals surface area contributed by atoms with Crippen LogP contribution in [0.5, 0.6) is 0 Å². The van der Waals surface area contributed by atoms with E-state index in [9.17, 15) is 14.4 Å². The van der Waals surface area contributed by atoms with Crippen molar-refractivity contribution in [2.45, 2.75) is 37.9 Å². The number of halogens is 1. The number of Topliss-reactive ketones (excluding diaryl/α,β-unsaturated/α-hetero) is 1. The maximum absolute atomic E-state index is 13.2. The minimum atomic E-state index is -0.666. The summed E-state index contributed by atoms with van der Waals surface area (Å²) in [4.78, 5) is 48.1. The van der Waals surface area contributed by atoms with E-state index in [0.717, 1.165) is 6.42 Å². The zero-order valence-corrected chi connectivity index (χ0v) is 18.0. The predicted molar refractivity (Wildman–Crippen MR) is 114 cm³/mol. The summed E-state index contributed by atoms with van der Waals surface area (Å²) in [5.41, 5.74) is 6.76. The lowest BCUT2D eigenvalue weighted by Crippen LogP contribution is -2.45. The number of likely N-dealkylation sites (tertiary alicyclic amines) is 1. The van der Waals surface area contributed by atoms with E-state index in [2.05, 4.69) is 31.0 Å². The van der Waals surface area contributed by atoms with Crippen molar-refractivity contribution in [3.8, 4) is 0 Å². The lowest BCUT2D eigenvalue weighted by atomic mass is 10.0. The van der Waals surface area contributed by atoms with Gasteiger partial charge in [-0.2, -0.15) is 5.10 Å². The third kappa shape index (κ3) is 3.60. The van der Waals surface area contributed by atoms with Gasteiger partial charge in [0, 0.05) is 23.3 Å². The number of hydrogen-bond donors (Lipinski definition) is 1. The van der Waals surface area contributed by atoms with E-state index < -0.39 is 11.9 Å². The number of pyridine rings is 2. The van der Waals surface area contributed by atoms with Gasteiger partial charge in [-0.3, -0.25) is 24.0 Å². The summed E-state index contributed by atoms with van der Waals surface area (Å²) in [6.45, 7) is -0.0857. The molecule has 10 heteroatoms. The largest absolute Gasteiger partial charge is 0.364 e. The van der Waals surface area contributed by atoms with Crippen molar-refractivity contribution in [1.82, 2.24) is 24.6 Å². The van der Waals surface area contributed by atoms with E-state index in [1.165, 1.54) is 4.68 Å².